The van der Waals surface area contributed by atoms with Gasteiger partial charge in [-0.3, -0.25) is 9.67 Å². The second kappa shape index (κ2) is 4.94. The van der Waals surface area contributed by atoms with Gasteiger partial charge in [0.1, 0.15) is 11.8 Å². The molecule has 0 aliphatic rings. The number of fused-ring (bicyclic) bond motifs is 1. The Morgan fingerprint density at radius 3 is 2.90 bits per heavy atom. The number of benzene rings is 1. The van der Waals surface area contributed by atoms with Gasteiger partial charge in [0.25, 0.3) is 0 Å². The zero-order valence-corrected chi connectivity index (χ0v) is 11.3. The largest absolute Gasteiger partial charge is 0.493 e. The minimum atomic E-state index is -0.814. The molecule has 0 fully saturated rings. The molecule has 0 amide bonds. The molecule has 1 aromatic carbocycles. The minimum Gasteiger partial charge on any atom is -0.493 e. The number of aromatic nitrogens is 3. The first-order valence-corrected chi connectivity index (χ1v) is 6.30. The molecule has 0 saturated heterocycles. The van der Waals surface area contributed by atoms with Gasteiger partial charge >= 0.3 is 0 Å². The third-order valence-corrected chi connectivity index (χ3v) is 3.40. The number of ether oxygens (including phenoxy) is 1. The molecule has 2 aromatic heterocycles. The van der Waals surface area contributed by atoms with Crippen LogP contribution in [0, 0.1) is 0 Å². The van der Waals surface area contributed by atoms with Gasteiger partial charge < -0.3 is 9.84 Å². The van der Waals surface area contributed by atoms with Crippen LogP contribution in [-0.4, -0.2) is 27.0 Å². The number of rotatable bonds is 3. The SMILES string of the molecule is COc1cnn(C)c1C(O)c1cccc2ncccc12. The Morgan fingerprint density at radius 2 is 2.10 bits per heavy atom. The highest BCUT2D eigenvalue weighted by atomic mass is 16.5. The summed E-state index contributed by atoms with van der Waals surface area (Å²) in [4.78, 5) is 4.31. The van der Waals surface area contributed by atoms with Crippen molar-refractivity contribution in [3.8, 4) is 5.75 Å². The van der Waals surface area contributed by atoms with Crippen LogP contribution in [0.5, 0.6) is 5.75 Å². The lowest BCUT2D eigenvalue weighted by Gasteiger charge is -2.15. The van der Waals surface area contributed by atoms with Gasteiger partial charge in [0.05, 0.1) is 18.8 Å². The van der Waals surface area contributed by atoms with E-state index in [4.69, 9.17) is 4.74 Å². The van der Waals surface area contributed by atoms with Gasteiger partial charge in [-0.1, -0.05) is 18.2 Å². The molecule has 0 radical (unpaired) electrons. The molecule has 0 spiro atoms. The molecule has 1 unspecified atom stereocenters. The number of hydrogen-bond donors (Lipinski definition) is 1. The second-order valence-electron chi connectivity index (χ2n) is 4.54. The van der Waals surface area contributed by atoms with Gasteiger partial charge in [-0.25, -0.2) is 0 Å². The van der Waals surface area contributed by atoms with Crippen LogP contribution in [0.1, 0.15) is 17.4 Å². The van der Waals surface area contributed by atoms with Crippen LogP contribution in [0.2, 0.25) is 0 Å². The minimum absolute atomic E-state index is 0.570. The van der Waals surface area contributed by atoms with Gasteiger partial charge in [0, 0.05) is 18.6 Å². The molecule has 1 atom stereocenters. The molecule has 1 N–H and O–H groups in total. The zero-order chi connectivity index (χ0) is 14.1. The Balaban J connectivity index is 2.17. The third kappa shape index (κ3) is 1.92. The Labute approximate surface area is 116 Å². The van der Waals surface area contributed by atoms with E-state index in [-0.39, 0.29) is 0 Å². The smallest absolute Gasteiger partial charge is 0.162 e. The molecule has 2 heterocycles. The van der Waals surface area contributed by atoms with E-state index < -0.39 is 6.10 Å². The second-order valence-corrected chi connectivity index (χ2v) is 4.54. The summed E-state index contributed by atoms with van der Waals surface area (Å²) in [5.41, 5.74) is 2.27. The fraction of sp³-hybridized carbons (Fsp3) is 0.200. The fourth-order valence-electron chi connectivity index (χ4n) is 2.41. The van der Waals surface area contributed by atoms with Gasteiger partial charge in [-0.15, -0.1) is 0 Å². The Morgan fingerprint density at radius 1 is 1.25 bits per heavy atom. The van der Waals surface area contributed by atoms with Crippen LogP contribution in [-0.2, 0) is 7.05 Å². The van der Waals surface area contributed by atoms with Crippen molar-refractivity contribution in [2.24, 2.45) is 7.05 Å². The monoisotopic (exact) mass is 269 g/mol. The van der Waals surface area contributed by atoms with Crippen LogP contribution in [0.4, 0.5) is 0 Å². The van der Waals surface area contributed by atoms with E-state index in [9.17, 15) is 5.11 Å². The number of aliphatic hydroxyl groups is 1. The number of pyridine rings is 1. The summed E-state index contributed by atoms with van der Waals surface area (Å²) < 4.78 is 6.89. The van der Waals surface area contributed by atoms with E-state index in [1.807, 2.05) is 30.3 Å². The van der Waals surface area contributed by atoms with Crippen molar-refractivity contribution in [1.82, 2.24) is 14.8 Å². The van der Waals surface area contributed by atoms with Crippen LogP contribution >= 0.6 is 0 Å². The van der Waals surface area contributed by atoms with Gasteiger partial charge in [0.2, 0.25) is 0 Å². The molecule has 5 nitrogen and oxygen atoms in total. The third-order valence-electron chi connectivity index (χ3n) is 3.40. The van der Waals surface area contributed by atoms with Crippen molar-refractivity contribution in [2.45, 2.75) is 6.10 Å². The molecular formula is C15H15N3O2. The van der Waals surface area contributed by atoms with Crippen molar-refractivity contribution in [2.75, 3.05) is 7.11 Å². The van der Waals surface area contributed by atoms with Gasteiger partial charge in [-0.05, 0) is 17.7 Å². The van der Waals surface area contributed by atoms with E-state index in [2.05, 4.69) is 10.1 Å². The molecule has 20 heavy (non-hydrogen) atoms. The number of methoxy groups -OCH3 is 1. The van der Waals surface area contributed by atoms with Gasteiger partial charge in [0.15, 0.2) is 5.75 Å². The average molecular weight is 269 g/mol. The maximum atomic E-state index is 10.7. The highest BCUT2D eigenvalue weighted by molar-refractivity contribution is 5.82. The van der Waals surface area contributed by atoms with Crippen molar-refractivity contribution in [1.29, 1.82) is 0 Å². The van der Waals surface area contributed by atoms with E-state index in [0.29, 0.717) is 11.4 Å². The standard InChI is InChI=1S/C15H15N3O2/c1-18-14(13(20-2)9-17-18)15(19)11-5-3-7-12-10(11)6-4-8-16-12/h3-9,15,19H,1-2H3. The first kappa shape index (κ1) is 12.6. The fourth-order valence-corrected chi connectivity index (χ4v) is 2.41. The number of aryl methyl sites for hydroxylation is 1. The highest BCUT2D eigenvalue weighted by Gasteiger charge is 2.21. The van der Waals surface area contributed by atoms with Gasteiger partial charge in [-0.2, -0.15) is 5.10 Å². The predicted octanol–water partition coefficient (Wildman–Crippen LogP) is 2.06. The first-order chi connectivity index (χ1) is 9.72. The van der Waals surface area contributed by atoms with E-state index in [1.54, 1.807) is 31.2 Å². The van der Waals surface area contributed by atoms with E-state index in [0.717, 1.165) is 16.5 Å². The summed E-state index contributed by atoms with van der Waals surface area (Å²) in [6.07, 6.45) is 2.52. The molecular weight excluding hydrogens is 254 g/mol. The van der Waals surface area contributed by atoms with E-state index >= 15 is 0 Å². The lowest BCUT2D eigenvalue weighted by Crippen LogP contribution is -2.08. The molecule has 3 aromatic rings. The van der Waals surface area contributed by atoms with Crippen molar-refractivity contribution >= 4 is 10.9 Å². The summed E-state index contributed by atoms with van der Waals surface area (Å²) in [6.45, 7) is 0. The van der Waals surface area contributed by atoms with Crippen molar-refractivity contribution in [3.05, 3.63) is 54.0 Å². The summed E-state index contributed by atoms with van der Waals surface area (Å²) in [7, 11) is 3.35. The molecule has 5 heteroatoms. The molecule has 0 bridgehead atoms. The normalized spacial score (nSPS) is 12.6. The Bertz CT molecular complexity index is 746. The summed E-state index contributed by atoms with van der Waals surface area (Å²) >= 11 is 0. The molecule has 102 valence electrons. The van der Waals surface area contributed by atoms with Crippen molar-refractivity contribution in [3.63, 3.8) is 0 Å². The Hall–Kier alpha value is -2.40. The number of hydrogen-bond acceptors (Lipinski definition) is 4. The first-order valence-electron chi connectivity index (χ1n) is 6.30. The maximum Gasteiger partial charge on any atom is 0.162 e. The van der Waals surface area contributed by atoms with Crippen LogP contribution < -0.4 is 4.74 Å². The molecule has 3 rings (SSSR count). The number of aliphatic hydroxyl groups excluding tert-OH is 1. The lowest BCUT2D eigenvalue weighted by atomic mass is 10.0. The molecule has 0 aliphatic carbocycles. The highest BCUT2D eigenvalue weighted by Crippen LogP contribution is 2.32. The summed E-state index contributed by atoms with van der Waals surface area (Å²) in [5, 5.41) is 15.8. The van der Waals surface area contributed by atoms with Crippen LogP contribution in [0.3, 0.4) is 0 Å². The summed E-state index contributed by atoms with van der Waals surface area (Å²) in [6, 6.07) is 9.51. The topological polar surface area (TPSA) is 60.2 Å². The summed E-state index contributed by atoms with van der Waals surface area (Å²) in [5.74, 6) is 0.570. The molecule has 0 saturated carbocycles. The Kier molecular flexibility index (Phi) is 3.12. The quantitative estimate of drug-likeness (QED) is 0.790. The maximum absolute atomic E-state index is 10.7. The zero-order valence-electron chi connectivity index (χ0n) is 11.3. The average Bonchev–Trinajstić information content (AvgIpc) is 2.87. The van der Waals surface area contributed by atoms with Crippen molar-refractivity contribution < 1.29 is 9.84 Å². The number of nitrogens with zero attached hydrogens (tertiary/aromatic N) is 3. The lowest BCUT2D eigenvalue weighted by molar-refractivity contribution is 0.206. The van der Waals surface area contributed by atoms with E-state index in [1.165, 1.54) is 0 Å². The molecule has 0 aliphatic heterocycles. The van der Waals surface area contributed by atoms with Crippen LogP contribution in [0.15, 0.2) is 42.7 Å². The van der Waals surface area contributed by atoms with Crippen LogP contribution in [0.25, 0.3) is 10.9 Å². The predicted molar refractivity (Wildman–Crippen MR) is 75.6 cm³/mol.